The van der Waals surface area contributed by atoms with E-state index in [1.54, 1.807) is 13.0 Å². The van der Waals surface area contributed by atoms with Crippen LogP contribution in [0.2, 0.25) is 0 Å². The van der Waals surface area contributed by atoms with E-state index in [1.807, 2.05) is 0 Å². The molecule has 0 fully saturated rings. The minimum Gasteiger partial charge on any atom is -0.490 e. The summed E-state index contributed by atoms with van der Waals surface area (Å²) in [6.07, 6.45) is 0.229. The van der Waals surface area contributed by atoms with E-state index in [9.17, 15) is 14.9 Å². The Bertz CT molecular complexity index is 461. The van der Waals surface area contributed by atoms with Crippen molar-refractivity contribution in [2.75, 3.05) is 25.6 Å². The number of ether oxygens (including phenoxy) is 2. The van der Waals surface area contributed by atoms with E-state index >= 15 is 0 Å². The van der Waals surface area contributed by atoms with Gasteiger partial charge in [-0.15, -0.1) is 0 Å². The standard InChI is InChI=1S/C12H16N2O5/c1-3-19-12(15)6-7-13-9-4-5-10(14(16)17)11(8-9)18-2/h4-5,8,13H,3,6-7H2,1-2H3. The number of nitro benzene ring substituents is 1. The van der Waals surface area contributed by atoms with Gasteiger partial charge >= 0.3 is 11.7 Å². The topological polar surface area (TPSA) is 90.7 Å². The molecule has 7 nitrogen and oxygen atoms in total. The van der Waals surface area contributed by atoms with Crippen LogP contribution in [0.3, 0.4) is 0 Å². The van der Waals surface area contributed by atoms with E-state index in [1.165, 1.54) is 19.2 Å². The zero-order valence-electron chi connectivity index (χ0n) is 10.8. The van der Waals surface area contributed by atoms with Crippen LogP contribution in [0, 0.1) is 10.1 Å². The van der Waals surface area contributed by atoms with Gasteiger partial charge in [-0.05, 0) is 13.0 Å². The summed E-state index contributed by atoms with van der Waals surface area (Å²) in [5, 5.41) is 13.7. The van der Waals surface area contributed by atoms with Crippen LogP contribution in [0.25, 0.3) is 0 Å². The summed E-state index contributed by atoms with van der Waals surface area (Å²) in [6, 6.07) is 4.43. The molecule has 0 amide bonds. The quantitative estimate of drug-likeness (QED) is 0.462. The molecule has 19 heavy (non-hydrogen) atoms. The maximum Gasteiger partial charge on any atom is 0.311 e. The highest BCUT2D eigenvalue weighted by atomic mass is 16.6. The van der Waals surface area contributed by atoms with Crippen molar-refractivity contribution in [2.45, 2.75) is 13.3 Å². The number of hydrogen-bond donors (Lipinski definition) is 1. The molecule has 0 aromatic heterocycles. The second-order valence-electron chi connectivity index (χ2n) is 3.63. The fraction of sp³-hybridized carbons (Fsp3) is 0.417. The average molecular weight is 268 g/mol. The molecule has 1 rings (SSSR count). The second-order valence-corrected chi connectivity index (χ2v) is 3.63. The van der Waals surface area contributed by atoms with Gasteiger partial charge in [0.25, 0.3) is 0 Å². The highest BCUT2D eigenvalue weighted by Crippen LogP contribution is 2.29. The highest BCUT2D eigenvalue weighted by molar-refractivity contribution is 5.70. The van der Waals surface area contributed by atoms with E-state index in [2.05, 4.69) is 5.32 Å². The molecule has 0 unspecified atom stereocenters. The van der Waals surface area contributed by atoms with Crippen molar-refractivity contribution in [2.24, 2.45) is 0 Å². The summed E-state index contributed by atoms with van der Waals surface area (Å²) in [4.78, 5) is 21.3. The van der Waals surface area contributed by atoms with Crippen LogP contribution in [0.5, 0.6) is 5.75 Å². The Hall–Kier alpha value is -2.31. The first-order valence-electron chi connectivity index (χ1n) is 5.80. The molecule has 1 N–H and O–H groups in total. The zero-order chi connectivity index (χ0) is 14.3. The maximum absolute atomic E-state index is 11.1. The smallest absolute Gasteiger partial charge is 0.311 e. The average Bonchev–Trinajstić information content (AvgIpc) is 2.38. The molecule has 1 aromatic carbocycles. The van der Waals surface area contributed by atoms with E-state index in [0.717, 1.165) is 0 Å². The number of rotatable bonds is 7. The molecule has 7 heteroatoms. The lowest BCUT2D eigenvalue weighted by Crippen LogP contribution is -2.11. The van der Waals surface area contributed by atoms with Gasteiger partial charge in [0.15, 0.2) is 5.75 Å². The van der Waals surface area contributed by atoms with Crippen molar-refractivity contribution in [1.82, 2.24) is 0 Å². The summed E-state index contributed by atoms with van der Waals surface area (Å²) < 4.78 is 9.72. The lowest BCUT2D eigenvalue weighted by molar-refractivity contribution is -0.385. The lowest BCUT2D eigenvalue weighted by Gasteiger charge is -2.08. The van der Waals surface area contributed by atoms with Crippen molar-refractivity contribution in [3.05, 3.63) is 28.3 Å². The molecule has 0 heterocycles. The number of methoxy groups -OCH3 is 1. The van der Waals surface area contributed by atoms with Crippen LogP contribution >= 0.6 is 0 Å². The minimum atomic E-state index is -0.513. The summed E-state index contributed by atoms with van der Waals surface area (Å²) in [5.74, 6) is -0.116. The summed E-state index contributed by atoms with van der Waals surface area (Å²) in [7, 11) is 1.37. The van der Waals surface area contributed by atoms with E-state index in [4.69, 9.17) is 9.47 Å². The molecule has 0 saturated heterocycles. The number of esters is 1. The predicted molar refractivity (Wildman–Crippen MR) is 69.4 cm³/mol. The summed E-state index contributed by atoms with van der Waals surface area (Å²) in [6.45, 7) is 2.48. The first-order valence-corrected chi connectivity index (χ1v) is 5.80. The number of carbonyl (C=O) groups excluding carboxylic acids is 1. The Kier molecular flexibility index (Phi) is 5.59. The number of carbonyl (C=O) groups is 1. The van der Waals surface area contributed by atoms with Crippen LogP contribution in [0.4, 0.5) is 11.4 Å². The molecule has 0 aliphatic carbocycles. The highest BCUT2D eigenvalue weighted by Gasteiger charge is 2.14. The molecule has 0 bridgehead atoms. The van der Waals surface area contributed by atoms with Gasteiger partial charge in [0.1, 0.15) is 0 Å². The molecule has 0 radical (unpaired) electrons. The maximum atomic E-state index is 11.1. The molecule has 0 aliphatic rings. The SMILES string of the molecule is CCOC(=O)CCNc1ccc([N+](=O)[O-])c(OC)c1. The predicted octanol–water partition coefficient (Wildman–Crippen LogP) is 1.97. The van der Waals surface area contributed by atoms with Gasteiger partial charge < -0.3 is 14.8 Å². The number of hydrogen-bond acceptors (Lipinski definition) is 6. The van der Waals surface area contributed by atoms with E-state index in [-0.39, 0.29) is 23.8 Å². The first kappa shape index (κ1) is 14.7. The number of nitrogens with zero attached hydrogens (tertiary/aromatic N) is 1. The van der Waals surface area contributed by atoms with Gasteiger partial charge in [-0.1, -0.05) is 0 Å². The van der Waals surface area contributed by atoms with Crippen LogP contribution in [0.1, 0.15) is 13.3 Å². The van der Waals surface area contributed by atoms with Crippen molar-refractivity contribution in [3.8, 4) is 5.75 Å². The third kappa shape index (κ3) is 4.46. The summed E-state index contributed by atoms with van der Waals surface area (Å²) in [5.41, 5.74) is 0.546. The van der Waals surface area contributed by atoms with Gasteiger partial charge in [0.05, 0.1) is 25.1 Å². The van der Waals surface area contributed by atoms with Crippen LogP contribution in [-0.2, 0) is 9.53 Å². The van der Waals surface area contributed by atoms with Crippen molar-refractivity contribution in [1.29, 1.82) is 0 Å². The van der Waals surface area contributed by atoms with Gasteiger partial charge in [0.2, 0.25) is 0 Å². The van der Waals surface area contributed by atoms with E-state index < -0.39 is 4.92 Å². The third-order valence-electron chi connectivity index (χ3n) is 2.34. The number of anilines is 1. The van der Waals surface area contributed by atoms with Gasteiger partial charge in [0, 0.05) is 24.4 Å². The normalized spacial score (nSPS) is 9.79. The lowest BCUT2D eigenvalue weighted by atomic mass is 10.2. The molecule has 0 aliphatic heterocycles. The number of nitrogens with one attached hydrogen (secondary N) is 1. The Labute approximate surface area is 110 Å². The van der Waals surface area contributed by atoms with Crippen LogP contribution < -0.4 is 10.1 Å². The molecule has 0 saturated carbocycles. The largest absolute Gasteiger partial charge is 0.490 e. The van der Waals surface area contributed by atoms with Crippen molar-refractivity contribution < 1.29 is 19.2 Å². The first-order chi connectivity index (χ1) is 9.08. The fourth-order valence-corrected chi connectivity index (χ4v) is 1.48. The molecule has 0 spiro atoms. The second kappa shape index (κ2) is 7.20. The molecular weight excluding hydrogens is 252 g/mol. The molecule has 104 valence electrons. The monoisotopic (exact) mass is 268 g/mol. The Morgan fingerprint density at radius 3 is 2.79 bits per heavy atom. The molecular formula is C12H16N2O5. The molecule has 0 atom stereocenters. The zero-order valence-corrected chi connectivity index (χ0v) is 10.8. The number of benzene rings is 1. The van der Waals surface area contributed by atoms with Gasteiger partial charge in [-0.2, -0.15) is 0 Å². The fourth-order valence-electron chi connectivity index (χ4n) is 1.48. The van der Waals surface area contributed by atoms with Crippen LogP contribution in [0.15, 0.2) is 18.2 Å². The third-order valence-corrected chi connectivity index (χ3v) is 2.34. The Balaban J connectivity index is 2.60. The summed E-state index contributed by atoms with van der Waals surface area (Å²) >= 11 is 0. The Morgan fingerprint density at radius 1 is 1.47 bits per heavy atom. The van der Waals surface area contributed by atoms with Crippen LogP contribution in [-0.4, -0.2) is 31.2 Å². The van der Waals surface area contributed by atoms with Gasteiger partial charge in [-0.25, -0.2) is 0 Å². The van der Waals surface area contributed by atoms with E-state index in [0.29, 0.717) is 18.8 Å². The van der Waals surface area contributed by atoms with Gasteiger partial charge in [-0.3, -0.25) is 14.9 Å². The van der Waals surface area contributed by atoms with Crippen molar-refractivity contribution in [3.63, 3.8) is 0 Å². The van der Waals surface area contributed by atoms with Crippen molar-refractivity contribution >= 4 is 17.3 Å². The minimum absolute atomic E-state index is 0.0987. The Morgan fingerprint density at radius 2 is 2.21 bits per heavy atom. The number of nitro groups is 1. The molecule has 1 aromatic rings.